The zero-order valence-corrected chi connectivity index (χ0v) is 17.6. The molecule has 0 aliphatic heterocycles. The Hall–Kier alpha value is -1.11. The lowest BCUT2D eigenvalue weighted by molar-refractivity contribution is -0.130. The average Bonchev–Trinajstić information content (AvgIpc) is 2.44. The van der Waals surface area contributed by atoms with Crippen LogP contribution in [-0.2, 0) is 22.0 Å². The minimum Gasteiger partial charge on any atom is -0.299 e. The first-order valence-electron chi connectivity index (χ1n) is 9.37. The van der Waals surface area contributed by atoms with Crippen LogP contribution in [0, 0.1) is 11.3 Å². The first-order chi connectivity index (χ1) is 10.7. The quantitative estimate of drug-likeness (QED) is 0.605. The van der Waals surface area contributed by atoms with Crippen LogP contribution >= 0.6 is 0 Å². The Morgan fingerprint density at radius 2 is 1.29 bits per heavy atom. The van der Waals surface area contributed by atoms with E-state index in [1.165, 1.54) is 16.7 Å². The Bertz CT molecular complexity index is 547. The molecule has 0 bridgehead atoms. The van der Waals surface area contributed by atoms with Crippen molar-refractivity contribution in [3.05, 3.63) is 34.9 Å². The van der Waals surface area contributed by atoms with Crippen molar-refractivity contribution in [1.82, 2.24) is 0 Å². The van der Waals surface area contributed by atoms with Gasteiger partial charge in [-0.1, -0.05) is 87.4 Å². The molecule has 1 nitrogen and oxygen atoms in total. The summed E-state index contributed by atoms with van der Waals surface area (Å²) in [6.07, 6.45) is 1.72. The van der Waals surface area contributed by atoms with Crippen molar-refractivity contribution in [3.8, 4) is 0 Å². The van der Waals surface area contributed by atoms with Crippen molar-refractivity contribution in [2.45, 2.75) is 92.9 Å². The van der Waals surface area contributed by atoms with Crippen molar-refractivity contribution >= 4 is 5.78 Å². The van der Waals surface area contributed by atoms with Crippen molar-refractivity contribution in [2.24, 2.45) is 11.3 Å². The predicted octanol–water partition coefficient (Wildman–Crippen LogP) is 6.47. The molecule has 0 saturated carbocycles. The highest BCUT2D eigenvalue weighted by molar-refractivity contribution is 5.86. The number of carbonyl (C=O) groups is 1. The molecule has 1 unspecified atom stereocenters. The van der Waals surface area contributed by atoms with Gasteiger partial charge in [-0.3, -0.25) is 4.79 Å². The molecular weight excluding hydrogens is 292 g/mol. The van der Waals surface area contributed by atoms with E-state index < -0.39 is 0 Å². The number of benzene rings is 1. The standard InChI is InChI=1S/C23H38O/c1-11-23(9,10)20(24)16(2)12-17-13-18(21(3,4)5)15-19(14-17)22(6,7)8/h13-16H,11-12H2,1-10H3. The van der Waals surface area contributed by atoms with E-state index in [0.29, 0.717) is 5.78 Å². The molecule has 0 saturated heterocycles. The molecule has 0 spiro atoms. The van der Waals surface area contributed by atoms with Crippen LogP contribution in [0.25, 0.3) is 0 Å². The fraction of sp³-hybridized carbons (Fsp3) is 0.696. The van der Waals surface area contributed by atoms with Gasteiger partial charge in [0, 0.05) is 11.3 Å². The van der Waals surface area contributed by atoms with E-state index in [-0.39, 0.29) is 22.2 Å². The Balaban J connectivity index is 3.22. The maximum atomic E-state index is 12.8. The molecule has 1 atom stereocenters. The Morgan fingerprint density at radius 3 is 1.62 bits per heavy atom. The summed E-state index contributed by atoms with van der Waals surface area (Å²) in [4.78, 5) is 12.8. The summed E-state index contributed by atoms with van der Waals surface area (Å²) in [5.41, 5.74) is 4.02. The van der Waals surface area contributed by atoms with Gasteiger partial charge < -0.3 is 0 Å². The van der Waals surface area contributed by atoms with Gasteiger partial charge in [0.05, 0.1) is 0 Å². The van der Waals surface area contributed by atoms with E-state index in [1.54, 1.807) is 0 Å². The van der Waals surface area contributed by atoms with Crippen LogP contribution in [0.3, 0.4) is 0 Å². The number of rotatable bonds is 5. The van der Waals surface area contributed by atoms with Crippen molar-refractivity contribution in [2.75, 3.05) is 0 Å². The Kier molecular flexibility index (Phi) is 6.12. The van der Waals surface area contributed by atoms with Crippen LogP contribution in [0.4, 0.5) is 0 Å². The van der Waals surface area contributed by atoms with Crippen LogP contribution in [-0.4, -0.2) is 5.78 Å². The first-order valence-corrected chi connectivity index (χ1v) is 9.37. The second kappa shape index (κ2) is 7.02. The molecule has 0 fully saturated rings. The number of carbonyl (C=O) groups excluding carboxylic acids is 1. The summed E-state index contributed by atoms with van der Waals surface area (Å²) >= 11 is 0. The van der Waals surface area contributed by atoms with Gasteiger partial charge in [-0.25, -0.2) is 0 Å². The molecule has 0 amide bonds. The molecule has 0 aromatic heterocycles. The monoisotopic (exact) mass is 330 g/mol. The summed E-state index contributed by atoms with van der Waals surface area (Å²) in [6.45, 7) is 21.9. The molecule has 0 heterocycles. The van der Waals surface area contributed by atoms with Crippen molar-refractivity contribution in [1.29, 1.82) is 0 Å². The van der Waals surface area contributed by atoms with Crippen LogP contribution in [0.2, 0.25) is 0 Å². The fourth-order valence-electron chi connectivity index (χ4n) is 2.96. The van der Waals surface area contributed by atoms with E-state index in [2.05, 4.69) is 87.4 Å². The largest absolute Gasteiger partial charge is 0.299 e. The van der Waals surface area contributed by atoms with Gasteiger partial charge in [-0.05, 0) is 40.4 Å². The van der Waals surface area contributed by atoms with Gasteiger partial charge in [-0.2, -0.15) is 0 Å². The third-order valence-corrected chi connectivity index (χ3v) is 5.27. The Labute approximate surface area is 150 Å². The van der Waals surface area contributed by atoms with E-state index in [0.717, 1.165) is 12.8 Å². The third kappa shape index (κ3) is 5.19. The highest BCUT2D eigenvalue weighted by atomic mass is 16.1. The maximum Gasteiger partial charge on any atom is 0.141 e. The number of Topliss-reactive ketones (excluding diaryl/α,β-unsaturated/α-hetero) is 1. The zero-order chi connectivity index (χ0) is 18.9. The van der Waals surface area contributed by atoms with Crippen molar-refractivity contribution in [3.63, 3.8) is 0 Å². The topological polar surface area (TPSA) is 17.1 Å². The Morgan fingerprint density at radius 1 is 0.875 bits per heavy atom. The molecule has 0 N–H and O–H groups in total. The summed E-state index contributed by atoms with van der Waals surface area (Å²) < 4.78 is 0. The van der Waals surface area contributed by atoms with Crippen molar-refractivity contribution < 1.29 is 4.79 Å². The molecule has 136 valence electrons. The number of ketones is 1. The minimum absolute atomic E-state index is 0.0583. The van der Waals surface area contributed by atoms with Gasteiger partial charge in [0.25, 0.3) is 0 Å². The fourth-order valence-corrected chi connectivity index (χ4v) is 2.96. The van der Waals surface area contributed by atoms with Gasteiger partial charge in [0.2, 0.25) is 0 Å². The van der Waals surface area contributed by atoms with Crippen LogP contribution in [0.15, 0.2) is 18.2 Å². The minimum atomic E-state index is -0.228. The highest BCUT2D eigenvalue weighted by Gasteiger charge is 2.30. The molecule has 0 aliphatic rings. The number of hydrogen-bond acceptors (Lipinski definition) is 1. The average molecular weight is 331 g/mol. The summed E-state index contributed by atoms with van der Waals surface area (Å²) in [5.74, 6) is 0.437. The molecule has 24 heavy (non-hydrogen) atoms. The lowest BCUT2D eigenvalue weighted by Gasteiger charge is -2.28. The summed E-state index contributed by atoms with van der Waals surface area (Å²) in [6, 6.07) is 6.95. The molecule has 0 aliphatic carbocycles. The van der Waals surface area contributed by atoms with Crippen LogP contribution < -0.4 is 0 Å². The lowest BCUT2D eigenvalue weighted by Crippen LogP contribution is -2.30. The SMILES string of the molecule is CCC(C)(C)C(=O)C(C)Cc1cc(C(C)(C)C)cc(C(C)(C)C)c1. The normalized spacial score (nSPS) is 14.6. The van der Waals surface area contributed by atoms with Crippen LogP contribution in [0.1, 0.15) is 92.3 Å². The van der Waals surface area contributed by atoms with Gasteiger partial charge >= 0.3 is 0 Å². The number of hydrogen-bond donors (Lipinski definition) is 0. The molecule has 1 aromatic carbocycles. The highest BCUT2D eigenvalue weighted by Crippen LogP contribution is 2.32. The lowest BCUT2D eigenvalue weighted by atomic mass is 9.76. The zero-order valence-electron chi connectivity index (χ0n) is 17.6. The summed E-state index contributed by atoms with van der Waals surface area (Å²) in [5, 5.41) is 0. The second-order valence-electron chi connectivity index (χ2n) is 10.1. The smallest absolute Gasteiger partial charge is 0.141 e. The molecule has 1 rings (SSSR count). The third-order valence-electron chi connectivity index (χ3n) is 5.27. The van der Waals surface area contributed by atoms with E-state index in [1.807, 2.05) is 0 Å². The van der Waals surface area contributed by atoms with E-state index in [9.17, 15) is 4.79 Å². The second-order valence-corrected chi connectivity index (χ2v) is 10.1. The molecule has 0 radical (unpaired) electrons. The summed E-state index contributed by atoms with van der Waals surface area (Å²) in [7, 11) is 0. The van der Waals surface area contributed by atoms with Gasteiger partial charge in [0.15, 0.2) is 0 Å². The van der Waals surface area contributed by atoms with E-state index in [4.69, 9.17) is 0 Å². The molecular formula is C23H38O. The van der Waals surface area contributed by atoms with E-state index >= 15 is 0 Å². The maximum absolute atomic E-state index is 12.8. The van der Waals surface area contributed by atoms with Gasteiger partial charge in [0.1, 0.15) is 5.78 Å². The van der Waals surface area contributed by atoms with Gasteiger partial charge in [-0.15, -0.1) is 0 Å². The molecule has 1 heteroatoms. The predicted molar refractivity (Wildman–Crippen MR) is 106 cm³/mol. The first kappa shape index (κ1) is 20.9. The van der Waals surface area contributed by atoms with Crippen LogP contribution in [0.5, 0.6) is 0 Å². The molecule has 1 aromatic rings.